The zero-order chi connectivity index (χ0) is 22.0. The van der Waals surface area contributed by atoms with Gasteiger partial charge in [0, 0.05) is 18.3 Å². The summed E-state index contributed by atoms with van der Waals surface area (Å²) < 4.78 is 25.8. The number of carbonyl (C=O) groups excluding carboxylic acids is 1. The minimum absolute atomic E-state index is 0.0970. The van der Waals surface area contributed by atoms with E-state index in [4.69, 9.17) is 0 Å². The number of anilines is 2. The van der Waals surface area contributed by atoms with Gasteiger partial charge in [0.25, 0.3) is 0 Å². The van der Waals surface area contributed by atoms with Crippen molar-refractivity contribution in [1.29, 1.82) is 0 Å². The van der Waals surface area contributed by atoms with E-state index in [-0.39, 0.29) is 5.91 Å². The molecule has 2 N–H and O–H groups in total. The number of aryl methyl sites for hydroxylation is 1. The lowest BCUT2D eigenvalue weighted by atomic mass is 9.91. The van der Waals surface area contributed by atoms with Crippen molar-refractivity contribution in [3.05, 3.63) is 94.5 Å². The first-order valence-corrected chi connectivity index (χ1v) is 12.0. The second kappa shape index (κ2) is 8.40. The molecule has 3 aromatic carbocycles. The largest absolute Gasteiger partial charge is 0.326 e. The number of carbonyl (C=O) groups is 1. The van der Waals surface area contributed by atoms with Gasteiger partial charge in [-0.3, -0.25) is 9.52 Å². The van der Waals surface area contributed by atoms with Crippen LogP contribution < -0.4 is 10.0 Å². The van der Waals surface area contributed by atoms with Gasteiger partial charge in [-0.15, -0.1) is 0 Å². The molecule has 1 aliphatic carbocycles. The van der Waals surface area contributed by atoms with Crippen LogP contribution in [0.4, 0.5) is 11.4 Å². The molecule has 6 heteroatoms. The fraction of sp³-hybridized carbons (Fsp3) is 0.160. The molecule has 4 rings (SSSR count). The number of hydrogen-bond donors (Lipinski definition) is 2. The molecule has 31 heavy (non-hydrogen) atoms. The van der Waals surface area contributed by atoms with E-state index >= 15 is 0 Å². The Morgan fingerprint density at radius 3 is 2.45 bits per heavy atom. The van der Waals surface area contributed by atoms with E-state index < -0.39 is 10.0 Å². The number of amides is 1. The minimum atomic E-state index is -3.36. The standard InChI is InChI=1S/C25H24N2O3S/c1-17(28)26-25-12-6-11-22-23(25)14-13-19-8-3-4-10-21(19)24(22)16-18-7-5-9-20(15-18)27-31(2,29)30/h3-12,15-16,27H,13-14H2,1-2H3,(H,26,28). The Balaban J connectivity index is 1.89. The minimum Gasteiger partial charge on any atom is -0.326 e. The van der Waals surface area contributed by atoms with E-state index in [9.17, 15) is 13.2 Å². The van der Waals surface area contributed by atoms with Crippen LogP contribution in [0.25, 0.3) is 11.6 Å². The van der Waals surface area contributed by atoms with Gasteiger partial charge in [-0.1, -0.05) is 48.5 Å². The van der Waals surface area contributed by atoms with E-state index in [2.05, 4.69) is 34.3 Å². The highest BCUT2D eigenvalue weighted by atomic mass is 32.2. The first-order chi connectivity index (χ1) is 14.8. The first kappa shape index (κ1) is 20.9. The van der Waals surface area contributed by atoms with Gasteiger partial charge >= 0.3 is 0 Å². The van der Waals surface area contributed by atoms with Gasteiger partial charge in [-0.2, -0.15) is 0 Å². The normalized spacial score (nSPS) is 14.3. The van der Waals surface area contributed by atoms with Gasteiger partial charge < -0.3 is 5.32 Å². The van der Waals surface area contributed by atoms with Crippen molar-refractivity contribution in [2.75, 3.05) is 16.3 Å². The Bertz CT molecular complexity index is 1290. The molecule has 0 aromatic heterocycles. The summed E-state index contributed by atoms with van der Waals surface area (Å²) in [4.78, 5) is 11.7. The summed E-state index contributed by atoms with van der Waals surface area (Å²) in [6.07, 6.45) is 4.90. The average Bonchev–Trinajstić information content (AvgIpc) is 2.85. The lowest BCUT2D eigenvalue weighted by Crippen LogP contribution is -2.09. The maximum absolute atomic E-state index is 11.7. The summed E-state index contributed by atoms with van der Waals surface area (Å²) in [5.41, 5.74) is 7.83. The molecule has 5 nitrogen and oxygen atoms in total. The lowest BCUT2D eigenvalue weighted by molar-refractivity contribution is -0.114. The van der Waals surface area contributed by atoms with Crippen LogP contribution in [0.2, 0.25) is 0 Å². The molecule has 0 atom stereocenters. The van der Waals surface area contributed by atoms with Crippen LogP contribution in [0, 0.1) is 0 Å². The van der Waals surface area contributed by atoms with Crippen LogP contribution in [0.3, 0.4) is 0 Å². The van der Waals surface area contributed by atoms with Gasteiger partial charge in [0.15, 0.2) is 0 Å². The highest BCUT2D eigenvalue weighted by Crippen LogP contribution is 2.38. The zero-order valence-corrected chi connectivity index (χ0v) is 18.3. The van der Waals surface area contributed by atoms with Crippen molar-refractivity contribution in [3.8, 4) is 0 Å². The third-order valence-corrected chi connectivity index (χ3v) is 5.84. The second-order valence-electron chi connectivity index (χ2n) is 7.73. The van der Waals surface area contributed by atoms with Gasteiger partial charge in [-0.25, -0.2) is 8.42 Å². The number of hydrogen-bond acceptors (Lipinski definition) is 3. The highest BCUT2D eigenvalue weighted by Gasteiger charge is 2.20. The Kier molecular flexibility index (Phi) is 5.65. The number of nitrogens with one attached hydrogen (secondary N) is 2. The van der Waals surface area contributed by atoms with E-state index in [1.165, 1.54) is 12.5 Å². The SMILES string of the molecule is CC(=O)Nc1cccc2c1CCc1ccccc1C2=Cc1cccc(NS(C)(=O)=O)c1. The van der Waals surface area contributed by atoms with Crippen molar-refractivity contribution in [1.82, 2.24) is 0 Å². The molecule has 0 spiro atoms. The monoisotopic (exact) mass is 432 g/mol. The summed E-state index contributed by atoms with van der Waals surface area (Å²) in [7, 11) is -3.36. The molecule has 0 radical (unpaired) electrons. The molecule has 1 amide bonds. The molecule has 0 unspecified atom stereocenters. The molecule has 3 aromatic rings. The summed E-state index contributed by atoms with van der Waals surface area (Å²) in [5.74, 6) is -0.0970. The second-order valence-corrected chi connectivity index (χ2v) is 9.48. The van der Waals surface area contributed by atoms with Crippen molar-refractivity contribution in [2.45, 2.75) is 19.8 Å². The molecular formula is C25H24N2O3S. The van der Waals surface area contributed by atoms with E-state index in [0.717, 1.165) is 52.6 Å². The molecule has 0 saturated heterocycles. The van der Waals surface area contributed by atoms with Crippen LogP contribution in [-0.4, -0.2) is 20.6 Å². The highest BCUT2D eigenvalue weighted by molar-refractivity contribution is 7.92. The van der Waals surface area contributed by atoms with Gasteiger partial charge in [-0.05, 0) is 70.5 Å². The summed E-state index contributed by atoms with van der Waals surface area (Å²) in [6.45, 7) is 1.52. The molecule has 1 aliphatic rings. The summed E-state index contributed by atoms with van der Waals surface area (Å²) in [6, 6.07) is 21.6. The van der Waals surface area contributed by atoms with Crippen LogP contribution in [0.15, 0.2) is 66.7 Å². The molecule has 0 saturated carbocycles. The summed E-state index contributed by atoms with van der Waals surface area (Å²) in [5, 5.41) is 2.96. The van der Waals surface area contributed by atoms with E-state index in [0.29, 0.717) is 5.69 Å². The topological polar surface area (TPSA) is 75.3 Å². The van der Waals surface area contributed by atoms with Crippen LogP contribution in [0.5, 0.6) is 0 Å². The first-order valence-electron chi connectivity index (χ1n) is 10.1. The molecule has 0 fully saturated rings. The lowest BCUT2D eigenvalue weighted by Gasteiger charge is -2.15. The van der Waals surface area contributed by atoms with Crippen molar-refractivity contribution in [2.24, 2.45) is 0 Å². The molecule has 0 heterocycles. The van der Waals surface area contributed by atoms with Crippen LogP contribution in [-0.2, 0) is 27.7 Å². The van der Waals surface area contributed by atoms with Gasteiger partial charge in [0.2, 0.25) is 15.9 Å². The quantitative estimate of drug-likeness (QED) is 0.627. The average molecular weight is 433 g/mol. The fourth-order valence-corrected chi connectivity index (χ4v) is 4.60. The number of fused-ring (bicyclic) bond motifs is 2. The third kappa shape index (κ3) is 4.86. The predicted molar refractivity (Wildman–Crippen MR) is 126 cm³/mol. The predicted octanol–water partition coefficient (Wildman–Crippen LogP) is 4.70. The van der Waals surface area contributed by atoms with Crippen molar-refractivity contribution in [3.63, 3.8) is 0 Å². The maximum atomic E-state index is 11.7. The third-order valence-electron chi connectivity index (χ3n) is 5.23. The maximum Gasteiger partial charge on any atom is 0.229 e. The van der Waals surface area contributed by atoms with E-state index in [1.807, 2.05) is 42.5 Å². The zero-order valence-electron chi connectivity index (χ0n) is 17.5. The van der Waals surface area contributed by atoms with Crippen LogP contribution >= 0.6 is 0 Å². The number of benzene rings is 3. The fourth-order valence-electron chi connectivity index (χ4n) is 4.05. The van der Waals surface area contributed by atoms with Crippen molar-refractivity contribution < 1.29 is 13.2 Å². The van der Waals surface area contributed by atoms with E-state index in [1.54, 1.807) is 6.07 Å². The number of rotatable bonds is 4. The molecular weight excluding hydrogens is 408 g/mol. The molecule has 0 bridgehead atoms. The van der Waals surface area contributed by atoms with Gasteiger partial charge in [0.1, 0.15) is 0 Å². The summed E-state index contributed by atoms with van der Waals surface area (Å²) >= 11 is 0. The Hall–Kier alpha value is -3.38. The number of sulfonamides is 1. The molecule has 0 aliphatic heterocycles. The Morgan fingerprint density at radius 1 is 0.935 bits per heavy atom. The molecule has 158 valence electrons. The van der Waals surface area contributed by atoms with Gasteiger partial charge in [0.05, 0.1) is 6.26 Å². The smallest absolute Gasteiger partial charge is 0.229 e. The Labute approximate surface area is 182 Å². The Morgan fingerprint density at radius 2 is 1.68 bits per heavy atom. The van der Waals surface area contributed by atoms with Crippen LogP contribution in [0.1, 0.15) is 34.7 Å². The van der Waals surface area contributed by atoms with Crippen molar-refractivity contribution >= 4 is 39.0 Å².